The fourth-order valence-electron chi connectivity index (χ4n) is 3.00. The maximum Gasteiger partial charge on any atom is 0.191 e. The molecule has 6 heteroatoms. The first-order valence-electron chi connectivity index (χ1n) is 9.97. The van der Waals surface area contributed by atoms with Gasteiger partial charge < -0.3 is 20.3 Å². The molecular weight excluding hydrogens is 368 g/mol. The molecule has 2 aromatic rings. The number of anilines is 1. The quantitative estimate of drug-likeness (QED) is 0.309. The van der Waals surface area contributed by atoms with Crippen LogP contribution in [0.15, 0.2) is 64.5 Å². The van der Waals surface area contributed by atoms with Crippen molar-refractivity contribution in [3.05, 3.63) is 60.2 Å². The lowest BCUT2D eigenvalue weighted by Gasteiger charge is -2.28. The van der Waals surface area contributed by atoms with Crippen LogP contribution in [-0.4, -0.2) is 51.1 Å². The molecule has 5 nitrogen and oxygen atoms in total. The van der Waals surface area contributed by atoms with Gasteiger partial charge in [0.2, 0.25) is 0 Å². The predicted molar refractivity (Wildman–Crippen MR) is 119 cm³/mol. The largest absolute Gasteiger partial charge is 0.378 e. The smallest absolute Gasteiger partial charge is 0.191 e. The van der Waals surface area contributed by atoms with Crippen molar-refractivity contribution in [1.29, 1.82) is 0 Å². The van der Waals surface area contributed by atoms with E-state index >= 15 is 0 Å². The van der Waals surface area contributed by atoms with Crippen LogP contribution in [0.2, 0.25) is 0 Å². The number of benzene rings is 2. The Bertz CT molecular complexity index is 715. The summed E-state index contributed by atoms with van der Waals surface area (Å²) in [5.74, 6) is 1.87. The third-order valence-corrected chi connectivity index (χ3v) is 5.50. The van der Waals surface area contributed by atoms with E-state index in [0.29, 0.717) is 6.54 Å². The molecule has 0 unspecified atom stereocenters. The zero-order valence-electron chi connectivity index (χ0n) is 16.6. The lowest BCUT2D eigenvalue weighted by atomic mass is 10.2. The Kier molecular flexibility index (Phi) is 8.53. The van der Waals surface area contributed by atoms with Crippen LogP contribution < -0.4 is 15.5 Å². The van der Waals surface area contributed by atoms with Crippen molar-refractivity contribution in [3.63, 3.8) is 0 Å². The lowest BCUT2D eigenvalue weighted by molar-refractivity contribution is 0.122. The maximum absolute atomic E-state index is 5.42. The van der Waals surface area contributed by atoms with E-state index in [0.717, 1.165) is 51.1 Å². The summed E-state index contributed by atoms with van der Waals surface area (Å²) in [4.78, 5) is 8.39. The summed E-state index contributed by atoms with van der Waals surface area (Å²) in [5.41, 5.74) is 2.48. The van der Waals surface area contributed by atoms with Crippen LogP contribution >= 0.6 is 11.8 Å². The number of hydrogen-bond acceptors (Lipinski definition) is 4. The molecule has 1 saturated heterocycles. The summed E-state index contributed by atoms with van der Waals surface area (Å²) in [7, 11) is 0. The predicted octanol–water partition coefficient (Wildman–Crippen LogP) is 3.37. The van der Waals surface area contributed by atoms with Crippen LogP contribution in [0.4, 0.5) is 5.69 Å². The van der Waals surface area contributed by atoms with Crippen LogP contribution in [0.25, 0.3) is 0 Å². The minimum Gasteiger partial charge on any atom is -0.378 e. The van der Waals surface area contributed by atoms with E-state index in [9.17, 15) is 0 Å². The number of aliphatic imine (C=N–C) groups is 1. The number of guanidine groups is 1. The first kappa shape index (κ1) is 20.6. The first-order chi connectivity index (χ1) is 13.8. The van der Waals surface area contributed by atoms with Gasteiger partial charge in [-0.25, -0.2) is 4.99 Å². The van der Waals surface area contributed by atoms with E-state index in [1.807, 2.05) is 17.8 Å². The summed E-state index contributed by atoms with van der Waals surface area (Å²) in [6.45, 7) is 8.05. The van der Waals surface area contributed by atoms with Crippen LogP contribution in [0.5, 0.6) is 0 Å². The van der Waals surface area contributed by atoms with Crippen LogP contribution in [0, 0.1) is 0 Å². The standard InChI is InChI=1S/C22H30N4OS/c1-2-23-22(24-12-17-28-21-6-4-3-5-7-21)25-18-19-8-10-20(11-9-19)26-13-15-27-16-14-26/h3-11H,2,12-18H2,1H3,(H2,23,24,25). The molecule has 1 heterocycles. The first-order valence-corrected chi connectivity index (χ1v) is 11.0. The Hall–Kier alpha value is -2.18. The second-order valence-corrected chi connectivity index (χ2v) is 7.72. The second-order valence-electron chi connectivity index (χ2n) is 6.55. The van der Waals surface area contributed by atoms with E-state index in [2.05, 4.69) is 71.0 Å². The van der Waals surface area contributed by atoms with Gasteiger partial charge in [-0.1, -0.05) is 30.3 Å². The van der Waals surface area contributed by atoms with Gasteiger partial charge in [0.25, 0.3) is 0 Å². The average Bonchev–Trinajstić information content (AvgIpc) is 2.76. The average molecular weight is 399 g/mol. The van der Waals surface area contributed by atoms with E-state index < -0.39 is 0 Å². The molecule has 0 bridgehead atoms. The highest BCUT2D eigenvalue weighted by Gasteiger charge is 2.10. The van der Waals surface area contributed by atoms with E-state index in [4.69, 9.17) is 9.73 Å². The van der Waals surface area contributed by atoms with Gasteiger partial charge in [0.05, 0.1) is 19.8 Å². The Morgan fingerprint density at radius 3 is 2.50 bits per heavy atom. The third kappa shape index (κ3) is 6.77. The molecule has 0 aliphatic carbocycles. The van der Waals surface area contributed by atoms with E-state index in [1.54, 1.807) is 0 Å². The Morgan fingerprint density at radius 1 is 1.04 bits per heavy atom. The number of nitrogens with zero attached hydrogens (tertiary/aromatic N) is 2. The summed E-state index contributed by atoms with van der Waals surface area (Å²) >= 11 is 1.85. The molecule has 2 N–H and O–H groups in total. The number of nitrogens with one attached hydrogen (secondary N) is 2. The van der Waals surface area contributed by atoms with Gasteiger partial charge in [-0.05, 0) is 36.8 Å². The van der Waals surface area contributed by atoms with Gasteiger partial charge in [0.15, 0.2) is 5.96 Å². The monoisotopic (exact) mass is 398 g/mol. The van der Waals surface area contributed by atoms with Crippen molar-refractivity contribution in [2.75, 3.05) is 50.0 Å². The highest BCUT2D eigenvalue weighted by atomic mass is 32.2. The SMILES string of the molecule is CCNC(=NCc1ccc(N2CCOCC2)cc1)NCCSc1ccccc1. The van der Waals surface area contributed by atoms with Crippen molar-refractivity contribution in [2.45, 2.75) is 18.4 Å². The zero-order valence-corrected chi connectivity index (χ0v) is 17.4. The lowest BCUT2D eigenvalue weighted by Crippen LogP contribution is -2.38. The summed E-state index contributed by atoms with van der Waals surface area (Å²) < 4.78 is 5.42. The molecule has 3 rings (SSSR count). The van der Waals surface area contributed by atoms with E-state index in [1.165, 1.54) is 16.1 Å². The minimum absolute atomic E-state index is 0.671. The summed E-state index contributed by atoms with van der Waals surface area (Å²) in [6, 6.07) is 19.2. The molecule has 28 heavy (non-hydrogen) atoms. The van der Waals surface area contributed by atoms with Crippen molar-refractivity contribution in [1.82, 2.24) is 10.6 Å². The molecule has 1 aliphatic heterocycles. The zero-order chi connectivity index (χ0) is 19.4. The minimum atomic E-state index is 0.671. The maximum atomic E-state index is 5.42. The molecule has 2 aromatic carbocycles. The van der Waals surface area contributed by atoms with Crippen LogP contribution in [0.3, 0.4) is 0 Å². The normalized spacial score (nSPS) is 14.8. The van der Waals surface area contributed by atoms with Gasteiger partial charge in [-0.2, -0.15) is 0 Å². The highest BCUT2D eigenvalue weighted by molar-refractivity contribution is 7.99. The van der Waals surface area contributed by atoms with E-state index in [-0.39, 0.29) is 0 Å². The Morgan fingerprint density at radius 2 is 1.79 bits per heavy atom. The van der Waals surface area contributed by atoms with Crippen molar-refractivity contribution in [3.8, 4) is 0 Å². The van der Waals surface area contributed by atoms with Crippen LogP contribution in [-0.2, 0) is 11.3 Å². The number of hydrogen-bond donors (Lipinski definition) is 2. The molecule has 1 aliphatic rings. The molecule has 1 fully saturated rings. The highest BCUT2D eigenvalue weighted by Crippen LogP contribution is 2.17. The molecule has 0 radical (unpaired) electrons. The summed E-state index contributed by atoms with van der Waals surface area (Å²) in [5, 5.41) is 6.74. The van der Waals surface area contributed by atoms with Crippen molar-refractivity contribution < 1.29 is 4.74 Å². The van der Waals surface area contributed by atoms with Gasteiger partial charge >= 0.3 is 0 Å². The van der Waals surface area contributed by atoms with Gasteiger partial charge in [0.1, 0.15) is 0 Å². The third-order valence-electron chi connectivity index (χ3n) is 4.48. The molecule has 0 atom stereocenters. The molecule has 0 aromatic heterocycles. The second kappa shape index (κ2) is 11.6. The Balaban J connectivity index is 1.46. The number of rotatable bonds is 8. The summed E-state index contributed by atoms with van der Waals surface area (Å²) in [6.07, 6.45) is 0. The molecule has 0 saturated carbocycles. The number of morpholine rings is 1. The molecular formula is C22H30N4OS. The van der Waals surface area contributed by atoms with Crippen molar-refractivity contribution in [2.24, 2.45) is 4.99 Å². The fraction of sp³-hybridized carbons (Fsp3) is 0.409. The molecule has 150 valence electrons. The van der Waals surface area contributed by atoms with Gasteiger partial charge in [0, 0.05) is 42.5 Å². The fourth-order valence-corrected chi connectivity index (χ4v) is 3.79. The van der Waals surface area contributed by atoms with Crippen LogP contribution in [0.1, 0.15) is 12.5 Å². The molecule has 0 amide bonds. The van der Waals surface area contributed by atoms with Gasteiger partial charge in [-0.15, -0.1) is 11.8 Å². The number of thioether (sulfide) groups is 1. The Labute approximate surface area is 172 Å². The molecule has 0 spiro atoms. The topological polar surface area (TPSA) is 48.9 Å². The van der Waals surface area contributed by atoms with Crippen molar-refractivity contribution >= 4 is 23.4 Å². The number of ether oxygens (including phenoxy) is 1. The van der Waals surface area contributed by atoms with Gasteiger partial charge in [-0.3, -0.25) is 0 Å².